The minimum atomic E-state index is -0.124. The van der Waals surface area contributed by atoms with Crippen LogP contribution in [0.15, 0.2) is 0 Å². The lowest BCUT2D eigenvalue weighted by molar-refractivity contribution is -0.146. The van der Waals surface area contributed by atoms with Crippen LogP contribution in [0, 0.1) is 0 Å². The standard InChI is InChI=1S/C15H26N2O4/c1-20-14(18)12-6-3-8-16(12)10-5-11-17-9-4-7-13(17)15(19)21-2/h12-13H,3-11H2,1-2H3/t12-,13-/m0/s1. The maximum absolute atomic E-state index is 11.7. The Hall–Kier alpha value is -1.14. The van der Waals surface area contributed by atoms with E-state index in [0.717, 1.165) is 58.3 Å². The number of ether oxygens (including phenoxy) is 2. The molecule has 6 heteroatoms. The molecule has 21 heavy (non-hydrogen) atoms. The van der Waals surface area contributed by atoms with E-state index < -0.39 is 0 Å². The lowest BCUT2D eigenvalue weighted by Crippen LogP contribution is -2.41. The smallest absolute Gasteiger partial charge is 0.323 e. The second-order valence-corrected chi connectivity index (χ2v) is 5.79. The van der Waals surface area contributed by atoms with E-state index in [-0.39, 0.29) is 24.0 Å². The number of esters is 2. The fourth-order valence-corrected chi connectivity index (χ4v) is 3.47. The molecule has 0 unspecified atom stereocenters. The summed E-state index contributed by atoms with van der Waals surface area (Å²) in [7, 11) is 2.90. The maximum Gasteiger partial charge on any atom is 0.323 e. The Labute approximate surface area is 126 Å². The molecule has 0 radical (unpaired) electrons. The van der Waals surface area contributed by atoms with Crippen LogP contribution in [-0.4, -0.2) is 74.2 Å². The topological polar surface area (TPSA) is 59.1 Å². The Morgan fingerprint density at radius 1 is 0.905 bits per heavy atom. The number of carbonyl (C=O) groups excluding carboxylic acids is 2. The Morgan fingerprint density at radius 2 is 1.33 bits per heavy atom. The fourth-order valence-electron chi connectivity index (χ4n) is 3.47. The number of likely N-dealkylation sites (tertiary alicyclic amines) is 2. The van der Waals surface area contributed by atoms with Crippen LogP contribution in [0.4, 0.5) is 0 Å². The van der Waals surface area contributed by atoms with Gasteiger partial charge in [-0.05, 0) is 45.2 Å². The highest BCUT2D eigenvalue weighted by atomic mass is 16.5. The summed E-state index contributed by atoms with van der Waals surface area (Å²) < 4.78 is 9.71. The molecule has 0 amide bonds. The lowest BCUT2D eigenvalue weighted by atomic mass is 10.2. The van der Waals surface area contributed by atoms with Crippen LogP contribution in [0.1, 0.15) is 32.1 Å². The molecule has 2 fully saturated rings. The number of methoxy groups -OCH3 is 2. The van der Waals surface area contributed by atoms with Crippen LogP contribution in [0.5, 0.6) is 0 Å². The summed E-state index contributed by atoms with van der Waals surface area (Å²) in [5.41, 5.74) is 0. The third kappa shape index (κ3) is 3.95. The van der Waals surface area contributed by atoms with Gasteiger partial charge >= 0.3 is 11.9 Å². The predicted octanol–water partition coefficient (Wildman–Crippen LogP) is 0.651. The third-order valence-corrected chi connectivity index (χ3v) is 4.56. The lowest BCUT2D eigenvalue weighted by Gasteiger charge is -2.25. The molecule has 2 rings (SSSR count). The highest BCUT2D eigenvalue weighted by Crippen LogP contribution is 2.21. The SMILES string of the molecule is COC(=O)[C@@H]1CCCN1CCCN1CCC[C@H]1C(=O)OC. The average Bonchev–Trinajstić information content (AvgIpc) is 3.15. The van der Waals surface area contributed by atoms with Crippen LogP contribution in [0.25, 0.3) is 0 Å². The van der Waals surface area contributed by atoms with Gasteiger partial charge in [0.15, 0.2) is 0 Å². The summed E-state index contributed by atoms with van der Waals surface area (Å²) >= 11 is 0. The molecule has 2 aliphatic heterocycles. The predicted molar refractivity (Wildman–Crippen MR) is 77.8 cm³/mol. The zero-order valence-electron chi connectivity index (χ0n) is 13.0. The summed E-state index contributed by atoms with van der Waals surface area (Å²) in [6.45, 7) is 3.68. The number of rotatable bonds is 6. The third-order valence-electron chi connectivity index (χ3n) is 4.56. The highest BCUT2D eigenvalue weighted by Gasteiger charge is 2.33. The minimum absolute atomic E-state index is 0.0787. The molecule has 0 N–H and O–H groups in total. The largest absolute Gasteiger partial charge is 0.468 e. The van der Waals surface area contributed by atoms with Gasteiger partial charge in [-0.15, -0.1) is 0 Å². The van der Waals surface area contributed by atoms with Crippen LogP contribution in [0.3, 0.4) is 0 Å². The quantitative estimate of drug-likeness (QED) is 0.671. The summed E-state index contributed by atoms with van der Waals surface area (Å²) in [5.74, 6) is -0.248. The molecule has 0 spiro atoms. The van der Waals surface area contributed by atoms with E-state index in [4.69, 9.17) is 9.47 Å². The van der Waals surface area contributed by atoms with Gasteiger partial charge in [0, 0.05) is 13.1 Å². The van der Waals surface area contributed by atoms with Crippen molar-refractivity contribution >= 4 is 11.9 Å². The number of hydrogen-bond acceptors (Lipinski definition) is 6. The van der Waals surface area contributed by atoms with Crippen molar-refractivity contribution in [2.24, 2.45) is 0 Å². The van der Waals surface area contributed by atoms with Gasteiger partial charge in [-0.3, -0.25) is 19.4 Å². The van der Waals surface area contributed by atoms with Crippen molar-refractivity contribution in [1.29, 1.82) is 0 Å². The van der Waals surface area contributed by atoms with Crippen molar-refractivity contribution in [3.63, 3.8) is 0 Å². The first-order valence-corrected chi connectivity index (χ1v) is 7.81. The number of hydrogen-bond donors (Lipinski definition) is 0. The van der Waals surface area contributed by atoms with Gasteiger partial charge in [-0.2, -0.15) is 0 Å². The molecule has 0 aliphatic carbocycles. The van der Waals surface area contributed by atoms with E-state index in [0.29, 0.717) is 0 Å². The molecular weight excluding hydrogens is 272 g/mol. The van der Waals surface area contributed by atoms with E-state index >= 15 is 0 Å². The Morgan fingerprint density at radius 3 is 1.71 bits per heavy atom. The Bertz CT molecular complexity index is 341. The summed E-state index contributed by atoms with van der Waals surface area (Å²) in [6.07, 6.45) is 4.84. The highest BCUT2D eigenvalue weighted by molar-refractivity contribution is 5.76. The molecule has 120 valence electrons. The second kappa shape index (κ2) is 7.75. The van der Waals surface area contributed by atoms with Crippen molar-refractivity contribution in [3.05, 3.63) is 0 Å². The van der Waals surface area contributed by atoms with E-state index in [9.17, 15) is 9.59 Å². The molecule has 0 saturated carbocycles. The van der Waals surface area contributed by atoms with Crippen LogP contribution >= 0.6 is 0 Å². The van der Waals surface area contributed by atoms with Gasteiger partial charge in [0.05, 0.1) is 14.2 Å². The van der Waals surface area contributed by atoms with Crippen molar-refractivity contribution in [1.82, 2.24) is 9.80 Å². The van der Waals surface area contributed by atoms with Crippen molar-refractivity contribution in [2.75, 3.05) is 40.4 Å². The number of nitrogens with zero attached hydrogens (tertiary/aromatic N) is 2. The summed E-state index contributed by atoms with van der Waals surface area (Å²) in [6, 6.07) is -0.157. The monoisotopic (exact) mass is 298 g/mol. The zero-order valence-corrected chi connectivity index (χ0v) is 13.0. The van der Waals surface area contributed by atoms with Gasteiger partial charge < -0.3 is 9.47 Å². The molecule has 6 nitrogen and oxygen atoms in total. The molecule has 0 aromatic heterocycles. The summed E-state index contributed by atoms with van der Waals surface area (Å²) in [5, 5.41) is 0. The summed E-state index contributed by atoms with van der Waals surface area (Å²) in [4.78, 5) is 27.8. The van der Waals surface area contributed by atoms with E-state index in [1.165, 1.54) is 14.2 Å². The normalized spacial score (nSPS) is 27.0. The van der Waals surface area contributed by atoms with Crippen LogP contribution in [0.2, 0.25) is 0 Å². The van der Waals surface area contributed by atoms with Crippen molar-refractivity contribution in [2.45, 2.75) is 44.2 Å². The van der Waals surface area contributed by atoms with Crippen LogP contribution < -0.4 is 0 Å². The first-order valence-electron chi connectivity index (χ1n) is 7.81. The van der Waals surface area contributed by atoms with Gasteiger partial charge in [0.1, 0.15) is 12.1 Å². The molecular formula is C15H26N2O4. The van der Waals surface area contributed by atoms with Gasteiger partial charge in [-0.1, -0.05) is 0 Å². The molecule has 0 aromatic carbocycles. The van der Waals surface area contributed by atoms with Gasteiger partial charge in [0.2, 0.25) is 0 Å². The maximum atomic E-state index is 11.7. The average molecular weight is 298 g/mol. The zero-order chi connectivity index (χ0) is 15.2. The van der Waals surface area contributed by atoms with E-state index in [1.54, 1.807) is 0 Å². The van der Waals surface area contributed by atoms with Gasteiger partial charge in [-0.25, -0.2) is 0 Å². The van der Waals surface area contributed by atoms with E-state index in [1.807, 2.05) is 0 Å². The molecule has 2 aliphatic rings. The van der Waals surface area contributed by atoms with Gasteiger partial charge in [0.25, 0.3) is 0 Å². The van der Waals surface area contributed by atoms with Crippen LogP contribution in [-0.2, 0) is 19.1 Å². The fraction of sp³-hybridized carbons (Fsp3) is 0.867. The van der Waals surface area contributed by atoms with Crippen molar-refractivity contribution < 1.29 is 19.1 Å². The first kappa shape index (κ1) is 16.2. The molecule has 0 bridgehead atoms. The second-order valence-electron chi connectivity index (χ2n) is 5.79. The molecule has 2 atom stereocenters. The van der Waals surface area contributed by atoms with Crippen molar-refractivity contribution in [3.8, 4) is 0 Å². The molecule has 2 heterocycles. The number of carbonyl (C=O) groups is 2. The minimum Gasteiger partial charge on any atom is -0.468 e. The first-order chi connectivity index (χ1) is 10.2. The Kier molecular flexibility index (Phi) is 5.99. The Balaban J connectivity index is 1.76. The molecule has 0 aromatic rings. The molecule has 2 saturated heterocycles. The van der Waals surface area contributed by atoms with E-state index in [2.05, 4.69) is 9.80 Å².